The molecule has 0 atom stereocenters. The highest BCUT2D eigenvalue weighted by Crippen LogP contribution is 2.18. The van der Waals surface area contributed by atoms with Crippen LogP contribution in [0.4, 0.5) is 5.69 Å². The number of aromatic nitrogens is 4. The van der Waals surface area contributed by atoms with Crippen molar-refractivity contribution in [3.05, 3.63) is 59.7 Å². The number of methoxy groups -OCH3 is 1. The Morgan fingerprint density at radius 3 is 2.67 bits per heavy atom. The van der Waals surface area contributed by atoms with Crippen LogP contribution in [-0.4, -0.2) is 38.5 Å². The number of hydrogen-bond donors (Lipinski definition) is 2. The van der Waals surface area contributed by atoms with Crippen LogP contribution in [0.1, 0.15) is 26.4 Å². The molecule has 0 saturated heterocycles. The van der Waals surface area contributed by atoms with E-state index in [2.05, 4.69) is 20.8 Å². The Labute approximate surface area is 155 Å². The van der Waals surface area contributed by atoms with Crippen molar-refractivity contribution in [1.29, 1.82) is 0 Å². The second-order valence-electron chi connectivity index (χ2n) is 5.92. The zero-order valence-corrected chi connectivity index (χ0v) is 15.3. The van der Waals surface area contributed by atoms with Crippen molar-refractivity contribution in [2.45, 2.75) is 6.54 Å². The molecule has 2 N–H and O–H groups in total. The molecule has 2 heterocycles. The second kappa shape index (κ2) is 7.73. The van der Waals surface area contributed by atoms with E-state index >= 15 is 0 Å². The minimum absolute atomic E-state index is 0.259. The predicted molar refractivity (Wildman–Crippen MR) is 98.5 cm³/mol. The summed E-state index contributed by atoms with van der Waals surface area (Å²) < 4.78 is 8.20. The van der Waals surface area contributed by atoms with Crippen molar-refractivity contribution in [3.8, 4) is 5.75 Å². The molecule has 27 heavy (non-hydrogen) atoms. The number of carbonyl (C=O) groups is 2. The molecule has 1 aromatic carbocycles. The van der Waals surface area contributed by atoms with Gasteiger partial charge in [-0.05, 0) is 18.2 Å². The quantitative estimate of drug-likeness (QED) is 0.684. The van der Waals surface area contributed by atoms with Crippen molar-refractivity contribution < 1.29 is 14.3 Å². The van der Waals surface area contributed by atoms with E-state index in [4.69, 9.17) is 4.74 Å². The molecule has 3 aromatic rings. The van der Waals surface area contributed by atoms with Gasteiger partial charge in [0.2, 0.25) is 0 Å². The zero-order chi connectivity index (χ0) is 19.4. The van der Waals surface area contributed by atoms with E-state index in [-0.39, 0.29) is 17.5 Å². The minimum Gasteiger partial charge on any atom is -0.497 e. The van der Waals surface area contributed by atoms with Crippen LogP contribution in [0.15, 0.2) is 42.9 Å². The van der Waals surface area contributed by atoms with Gasteiger partial charge < -0.3 is 15.4 Å². The topological polar surface area (TPSA) is 103 Å². The third kappa shape index (κ3) is 4.14. The van der Waals surface area contributed by atoms with E-state index in [1.165, 1.54) is 18.0 Å². The second-order valence-corrected chi connectivity index (χ2v) is 5.92. The lowest BCUT2D eigenvalue weighted by molar-refractivity contribution is 0.0942. The lowest BCUT2D eigenvalue weighted by Gasteiger charge is -2.09. The highest BCUT2D eigenvalue weighted by atomic mass is 16.5. The Kier molecular flexibility index (Phi) is 5.20. The Balaban J connectivity index is 1.73. The molecule has 0 unspecified atom stereocenters. The van der Waals surface area contributed by atoms with Gasteiger partial charge in [-0.15, -0.1) is 0 Å². The fraction of sp³-hybridized carbons (Fsp3) is 0.222. The van der Waals surface area contributed by atoms with Gasteiger partial charge in [-0.1, -0.05) is 6.07 Å². The van der Waals surface area contributed by atoms with Crippen LogP contribution in [0.25, 0.3) is 0 Å². The minimum atomic E-state index is -0.358. The lowest BCUT2D eigenvalue weighted by atomic mass is 10.2. The number of benzene rings is 1. The molecular weight excluding hydrogens is 348 g/mol. The normalized spacial score (nSPS) is 10.5. The van der Waals surface area contributed by atoms with Gasteiger partial charge in [-0.2, -0.15) is 10.2 Å². The highest BCUT2D eigenvalue weighted by molar-refractivity contribution is 6.08. The summed E-state index contributed by atoms with van der Waals surface area (Å²) in [6.07, 6.45) is 4.93. The van der Waals surface area contributed by atoms with Crippen LogP contribution in [-0.2, 0) is 20.6 Å². The zero-order valence-electron chi connectivity index (χ0n) is 15.3. The SMILES string of the molecule is COc1cccc(C(=O)Nc2cnn(C)c2C(=O)NCc2cnn(C)c2)c1. The van der Waals surface area contributed by atoms with Crippen LogP contribution in [0, 0.1) is 0 Å². The summed E-state index contributed by atoms with van der Waals surface area (Å²) in [5.41, 5.74) is 1.87. The first-order valence-corrected chi connectivity index (χ1v) is 8.21. The van der Waals surface area contributed by atoms with Crippen molar-refractivity contribution >= 4 is 17.5 Å². The molecule has 9 nitrogen and oxygen atoms in total. The smallest absolute Gasteiger partial charge is 0.271 e. The monoisotopic (exact) mass is 368 g/mol. The molecule has 2 aromatic heterocycles. The van der Waals surface area contributed by atoms with E-state index in [1.807, 2.05) is 6.20 Å². The first-order valence-electron chi connectivity index (χ1n) is 8.21. The number of carbonyl (C=O) groups excluding carboxylic acids is 2. The Morgan fingerprint density at radius 2 is 1.96 bits per heavy atom. The van der Waals surface area contributed by atoms with E-state index in [0.29, 0.717) is 23.5 Å². The molecule has 3 rings (SSSR count). The van der Waals surface area contributed by atoms with Gasteiger partial charge in [0, 0.05) is 38.0 Å². The third-order valence-corrected chi connectivity index (χ3v) is 3.95. The maximum atomic E-state index is 12.6. The first-order chi connectivity index (χ1) is 13.0. The van der Waals surface area contributed by atoms with Gasteiger partial charge in [0.15, 0.2) is 0 Å². The molecule has 2 amide bonds. The van der Waals surface area contributed by atoms with Gasteiger partial charge in [0.25, 0.3) is 11.8 Å². The van der Waals surface area contributed by atoms with Crippen molar-refractivity contribution in [2.75, 3.05) is 12.4 Å². The number of ether oxygens (including phenoxy) is 1. The molecule has 0 aliphatic heterocycles. The fourth-order valence-corrected chi connectivity index (χ4v) is 2.59. The number of nitrogens with zero attached hydrogens (tertiary/aromatic N) is 4. The molecule has 0 aliphatic rings. The van der Waals surface area contributed by atoms with Crippen LogP contribution in [0.2, 0.25) is 0 Å². The fourth-order valence-electron chi connectivity index (χ4n) is 2.59. The number of nitrogens with one attached hydrogen (secondary N) is 2. The van der Waals surface area contributed by atoms with Gasteiger partial charge in [0.05, 0.1) is 25.2 Å². The summed E-state index contributed by atoms with van der Waals surface area (Å²) in [6, 6.07) is 6.75. The molecule has 140 valence electrons. The third-order valence-electron chi connectivity index (χ3n) is 3.95. The molecule has 0 aliphatic carbocycles. The molecular formula is C18H20N6O3. The lowest BCUT2D eigenvalue weighted by Crippen LogP contribution is -2.26. The van der Waals surface area contributed by atoms with Gasteiger partial charge in [-0.25, -0.2) is 0 Å². The van der Waals surface area contributed by atoms with Crippen LogP contribution < -0.4 is 15.4 Å². The van der Waals surface area contributed by atoms with Crippen LogP contribution in [0.3, 0.4) is 0 Å². The van der Waals surface area contributed by atoms with Crippen molar-refractivity contribution in [1.82, 2.24) is 24.9 Å². The maximum absolute atomic E-state index is 12.6. The summed E-state index contributed by atoms with van der Waals surface area (Å²) in [6.45, 7) is 0.321. The van der Waals surface area contributed by atoms with Crippen molar-refractivity contribution in [2.24, 2.45) is 14.1 Å². The summed E-state index contributed by atoms with van der Waals surface area (Å²) in [5.74, 6) is -0.133. The number of rotatable bonds is 6. The van der Waals surface area contributed by atoms with Crippen LogP contribution in [0.5, 0.6) is 5.75 Å². The molecule has 0 radical (unpaired) electrons. The maximum Gasteiger partial charge on any atom is 0.271 e. The number of aryl methyl sites for hydroxylation is 2. The summed E-state index contributed by atoms with van der Waals surface area (Å²) in [4.78, 5) is 25.1. The van der Waals surface area contributed by atoms with Gasteiger partial charge in [-0.3, -0.25) is 19.0 Å². The highest BCUT2D eigenvalue weighted by Gasteiger charge is 2.19. The Bertz CT molecular complexity index is 975. The Morgan fingerprint density at radius 1 is 1.15 bits per heavy atom. The largest absolute Gasteiger partial charge is 0.497 e. The Hall–Kier alpha value is -3.62. The average molecular weight is 368 g/mol. The number of amides is 2. The van der Waals surface area contributed by atoms with E-state index in [9.17, 15) is 9.59 Å². The molecule has 0 bridgehead atoms. The number of anilines is 1. The van der Waals surface area contributed by atoms with Gasteiger partial charge in [0.1, 0.15) is 11.4 Å². The van der Waals surface area contributed by atoms with Crippen LogP contribution >= 0.6 is 0 Å². The standard InChI is InChI=1S/C18H20N6O3/c1-23-11-12(9-20-23)8-19-18(26)16-15(10-21-24(16)2)22-17(25)13-5-4-6-14(7-13)27-3/h4-7,9-11H,8H2,1-3H3,(H,19,26)(H,22,25). The first kappa shape index (κ1) is 18.2. The van der Waals surface area contributed by atoms with Crippen molar-refractivity contribution in [3.63, 3.8) is 0 Å². The molecule has 9 heteroatoms. The predicted octanol–water partition coefficient (Wildman–Crippen LogP) is 1.34. The molecule has 0 saturated carbocycles. The van der Waals surface area contributed by atoms with Gasteiger partial charge >= 0.3 is 0 Å². The average Bonchev–Trinajstić information content (AvgIpc) is 3.25. The molecule has 0 spiro atoms. The molecule has 0 fully saturated rings. The number of hydrogen-bond acceptors (Lipinski definition) is 5. The van der Waals surface area contributed by atoms with E-state index < -0.39 is 0 Å². The van der Waals surface area contributed by atoms with E-state index in [1.54, 1.807) is 49.2 Å². The summed E-state index contributed by atoms with van der Waals surface area (Å²) in [5, 5.41) is 13.7. The summed E-state index contributed by atoms with van der Waals surface area (Å²) in [7, 11) is 4.97. The van der Waals surface area contributed by atoms with E-state index in [0.717, 1.165) is 5.56 Å². The summed E-state index contributed by atoms with van der Waals surface area (Å²) >= 11 is 0.